The fraction of sp³-hybridized carbons (Fsp3) is 0.692. The van der Waals surface area contributed by atoms with Crippen molar-refractivity contribution < 1.29 is 14.7 Å². The number of likely N-dealkylation sites (tertiary alicyclic amines) is 1. The summed E-state index contributed by atoms with van der Waals surface area (Å²) in [6.07, 6.45) is 4.01. The van der Waals surface area contributed by atoms with Crippen LogP contribution < -0.4 is 0 Å². The molecule has 5 heteroatoms. The Morgan fingerprint density at radius 3 is 2.78 bits per heavy atom. The molecule has 18 heavy (non-hydrogen) atoms. The number of carbonyl (C=O) groups is 2. The normalized spacial score (nSPS) is 24.1. The standard InChI is InChI=1S/C13H20N2O3/c1-10-2-5-14(6-3-10)13(18)15-7-4-11(9-15)8-12(16)17/h2,11H,3-9H2,1H3,(H,16,17). The average molecular weight is 252 g/mol. The summed E-state index contributed by atoms with van der Waals surface area (Å²) in [5.74, 6) is -0.653. The van der Waals surface area contributed by atoms with Crippen molar-refractivity contribution in [3.8, 4) is 0 Å². The zero-order valence-electron chi connectivity index (χ0n) is 10.8. The molecule has 0 aromatic carbocycles. The number of hydrogen-bond donors (Lipinski definition) is 1. The lowest BCUT2D eigenvalue weighted by Crippen LogP contribution is -2.44. The van der Waals surface area contributed by atoms with Crippen LogP contribution in [0, 0.1) is 5.92 Å². The van der Waals surface area contributed by atoms with E-state index < -0.39 is 5.97 Å². The lowest BCUT2D eigenvalue weighted by Gasteiger charge is -2.30. The van der Waals surface area contributed by atoms with E-state index in [1.54, 1.807) is 4.90 Å². The second-order valence-electron chi connectivity index (χ2n) is 5.23. The predicted octanol–water partition coefficient (Wildman–Crippen LogP) is 1.56. The largest absolute Gasteiger partial charge is 0.481 e. The monoisotopic (exact) mass is 252 g/mol. The SMILES string of the molecule is CC1=CCN(C(=O)N2CCC(CC(=O)O)C2)CC1. The van der Waals surface area contributed by atoms with Crippen LogP contribution in [0.25, 0.3) is 0 Å². The molecule has 2 amide bonds. The number of amides is 2. The van der Waals surface area contributed by atoms with E-state index in [0.717, 1.165) is 19.4 Å². The minimum absolute atomic E-state index is 0.0617. The van der Waals surface area contributed by atoms with Gasteiger partial charge in [-0.1, -0.05) is 11.6 Å². The molecule has 1 unspecified atom stereocenters. The first-order chi connectivity index (χ1) is 8.56. The fourth-order valence-electron chi connectivity index (χ4n) is 2.56. The van der Waals surface area contributed by atoms with Gasteiger partial charge < -0.3 is 14.9 Å². The zero-order valence-corrected chi connectivity index (χ0v) is 10.8. The van der Waals surface area contributed by atoms with Gasteiger partial charge in [0.15, 0.2) is 0 Å². The molecule has 0 bridgehead atoms. The van der Waals surface area contributed by atoms with Crippen LogP contribution in [0.15, 0.2) is 11.6 Å². The van der Waals surface area contributed by atoms with Crippen molar-refractivity contribution in [3.05, 3.63) is 11.6 Å². The zero-order chi connectivity index (χ0) is 13.1. The number of rotatable bonds is 2. The number of hydrogen-bond acceptors (Lipinski definition) is 2. The number of nitrogens with zero attached hydrogens (tertiary/aromatic N) is 2. The van der Waals surface area contributed by atoms with Crippen molar-refractivity contribution in [2.24, 2.45) is 5.92 Å². The summed E-state index contributed by atoms with van der Waals surface area (Å²) in [7, 11) is 0. The molecule has 100 valence electrons. The molecule has 0 aromatic heterocycles. The van der Waals surface area contributed by atoms with Crippen LogP contribution in [0.5, 0.6) is 0 Å². The first-order valence-electron chi connectivity index (χ1n) is 6.47. The van der Waals surface area contributed by atoms with Gasteiger partial charge in [-0.25, -0.2) is 4.79 Å². The second-order valence-corrected chi connectivity index (χ2v) is 5.23. The van der Waals surface area contributed by atoms with Crippen molar-refractivity contribution in [2.75, 3.05) is 26.2 Å². The summed E-state index contributed by atoms with van der Waals surface area (Å²) < 4.78 is 0. The first-order valence-corrected chi connectivity index (χ1v) is 6.47. The minimum atomic E-state index is -0.772. The Labute approximate surface area is 107 Å². The Hall–Kier alpha value is -1.52. The number of carboxylic acid groups (broad SMARTS) is 1. The minimum Gasteiger partial charge on any atom is -0.481 e. The Morgan fingerprint density at radius 1 is 1.39 bits per heavy atom. The van der Waals surface area contributed by atoms with Crippen LogP contribution >= 0.6 is 0 Å². The van der Waals surface area contributed by atoms with E-state index in [1.165, 1.54) is 5.57 Å². The molecule has 0 spiro atoms. The van der Waals surface area contributed by atoms with Crippen LogP contribution in [0.3, 0.4) is 0 Å². The fourth-order valence-corrected chi connectivity index (χ4v) is 2.56. The van der Waals surface area contributed by atoms with E-state index >= 15 is 0 Å². The van der Waals surface area contributed by atoms with Crippen LogP contribution in [0.4, 0.5) is 4.79 Å². The molecule has 0 radical (unpaired) electrons. The molecule has 2 aliphatic rings. The Morgan fingerprint density at radius 2 is 2.17 bits per heavy atom. The quantitative estimate of drug-likeness (QED) is 0.759. The molecular formula is C13H20N2O3. The molecule has 0 aromatic rings. The summed E-state index contributed by atoms with van der Waals surface area (Å²) >= 11 is 0. The predicted molar refractivity (Wildman–Crippen MR) is 67.3 cm³/mol. The Balaban J connectivity index is 1.86. The van der Waals surface area contributed by atoms with Crippen LogP contribution in [-0.4, -0.2) is 53.1 Å². The van der Waals surface area contributed by atoms with E-state index in [-0.39, 0.29) is 18.4 Å². The molecule has 2 aliphatic heterocycles. The average Bonchev–Trinajstić information content (AvgIpc) is 2.76. The summed E-state index contributed by atoms with van der Waals surface area (Å²) in [6.45, 7) is 4.83. The van der Waals surface area contributed by atoms with Crippen molar-refractivity contribution in [3.63, 3.8) is 0 Å². The van der Waals surface area contributed by atoms with Gasteiger partial charge in [-0.05, 0) is 25.7 Å². The summed E-state index contributed by atoms with van der Waals surface area (Å²) in [5.41, 5.74) is 1.34. The van der Waals surface area contributed by atoms with Gasteiger partial charge in [0, 0.05) is 32.6 Å². The third kappa shape index (κ3) is 3.03. The van der Waals surface area contributed by atoms with E-state index in [9.17, 15) is 9.59 Å². The van der Waals surface area contributed by atoms with Crippen molar-refractivity contribution in [2.45, 2.75) is 26.2 Å². The number of urea groups is 1. The highest BCUT2D eigenvalue weighted by atomic mass is 16.4. The van der Waals surface area contributed by atoms with Crippen molar-refractivity contribution in [1.82, 2.24) is 9.80 Å². The van der Waals surface area contributed by atoms with E-state index in [0.29, 0.717) is 19.6 Å². The van der Waals surface area contributed by atoms with Crippen molar-refractivity contribution in [1.29, 1.82) is 0 Å². The molecule has 2 heterocycles. The molecule has 0 aliphatic carbocycles. The molecular weight excluding hydrogens is 232 g/mol. The smallest absolute Gasteiger partial charge is 0.320 e. The van der Waals surface area contributed by atoms with Gasteiger partial charge in [0.1, 0.15) is 0 Å². The lowest BCUT2D eigenvalue weighted by molar-refractivity contribution is -0.138. The van der Waals surface area contributed by atoms with E-state index in [2.05, 4.69) is 13.0 Å². The summed E-state index contributed by atoms with van der Waals surface area (Å²) in [6, 6.07) is 0.0617. The second kappa shape index (κ2) is 5.42. The molecule has 1 saturated heterocycles. The van der Waals surface area contributed by atoms with Gasteiger partial charge in [0.05, 0.1) is 0 Å². The summed E-state index contributed by atoms with van der Waals surface area (Å²) in [4.78, 5) is 26.5. The Bertz CT molecular complexity index is 378. The van der Waals surface area contributed by atoms with Crippen LogP contribution in [0.2, 0.25) is 0 Å². The van der Waals surface area contributed by atoms with Crippen molar-refractivity contribution >= 4 is 12.0 Å². The molecule has 0 saturated carbocycles. The Kier molecular flexibility index (Phi) is 3.89. The third-order valence-corrected chi connectivity index (χ3v) is 3.73. The number of aliphatic carboxylic acids is 1. The van der Waals surface area contributed by atoms with Gasteiger partial charge in [-0.15, -0.1) is 0 Å². The molecule has 1 fully saturated rings. The van der Waals surface area contributed by atoms with Gasteiger partial charge >= 0.3 is 12.0 Å². The summed E-state index contributed by atoms with van der Waals surface area (Å²) in [5, 5.41) is 8.76. The molecule has 5 nitrogen and oxygen atoms in total. The maximum Gasteiger partial charge on any atom is 0.320 e. The van der Waals surface area contributed by atoms with Gasteiger partial charge in [-0.3, -0.25) is 4.79 Å². The molecule has 1 atom stereocenters. The molecule has 2 rings (SSSR count). The van der Waals surface area contributed by atoms with Crippen LogP contribution in [0.1, 0.15) is 26.2 Å². The highest BCUT2D eigenvalue weighted by molar-refractivity contribution is 5.75. The first kappa shape index (κ1) is 12.9. The molecule has 1 N–H and O–H groups in total. The third-order valence-electron chi connectivity index (χ3n) is 3.73. The topological polar surface area (TPSA) is 60.9 Å². The van der Waals surface area contributed by atoms with E-state index in [4.69, 9.17) is 5.11 Å². The van der Waals surface area contributed by atoms with E-state index in [1.807, 2.05) is 4.90 Å². The number of carboxylic acids is 1. The number of carbonyl (C=O) groups excluding carboxylic acids is 1. The van der Waals surface area contributed by atoms with Gasteiger partial charge in [0.2, 0.25) is 0 Å². The maximum atomic E-state index is 12.2. The van der Waals surface area contributed by atoms with Crippen LogP contribution in [-0.2, 0) is 4.79 Å². The highest BCUT2D eigenvalue weighted by Crippen LogP contribution is 2.21. The maximum absolute atomic E-state index is 12.2. The highest BCUT2D eigenvalue weighted by Gasteiger charge is 2.30. The van der Waals surface area contributed by atoms with Gasteiger partial charge in [0.25, 0.3) is 0 Å². The lowest BCUT2D eigenvalue weighted by atomic mass is 10.1. The van der Waals surface area contributed by atoms with Gasteiger partial charge in [-0.2, -0.15) is 0 Å².